The molecule has 0 aliphatic heterocycles. The Morgan fingerprint density at radius 2 is 0.734 bits per heavy atom. The summed E-state index contributed by atoms with van der Waals surface area (Å²) in [6, 6.07) is -0.842. The van der Waals surface area contributed by atoms with E-state index in [4.69, 9.17) is 13.8 Å². The molecule has 1 amide bonds. The topological polar surface area (TPSA) is 111 Å². The Hall–Kier alpha value is -1.51. The van der Waals surface area contributed by atoms with Gasteiger partial charge in [0, 0.05) is 12.8 Å². The minimum absolute atomic E-state index is 0.0446. The second kappa shape index (κ2) is 59.6. The first kappa shape index (κ1) is 77.5. The number of carbonyl (C=O) groups is 2. The van der Waals surface area contributed by atoms with Crippen molar-refractivity contribution in [3.63, 3.8) is 0 Å². The molecule has 0 aliphatic rings. The Labute approximate surface area is 492 Å². The molecule has 0 aromatic carbocycles. The van der Waals surface area contributed by atoms with Crippen molar-refractivity contribution in [3.8, 4) is 0 Å². The molecule has 0 heterocycles. The van der Waals surface area contributed by atoms with Gasteiger partial charge in [0.1, 0.15) is 19.3 Å². The minimum Gasteiger partial charge on any atom is -0.456 e. The van der Waals surface area contributed by atoms with Crippen LogP contribution in [0.2, 0.25) is 0 Å². The molecule has 0 rings (SSSR count). The number of esters is 1. The number of hydrogen-bond donors (Lipinski definition) is 2. The molecule has 10 heteroatoms. The number of carbonyl (C=O) groups excluding carboxylic acids is 2. The summed E-state index contributed by atoms with van der Waals surface area (Å²) >= 11 is 0. The zero-order chi connectivity index (χ0) is 57.9. The molecule has 3 atom stereocenters. The van der Waals surface area contributed by atoms with Gasteiger partial charge in [-0.2, -0.15) is 0 Å². The van der Waals surface area contributed by atoms with Crippen LogP contribution in [0.3, 0.4) is 0 Å². The highest BCUT2D eigenvalue weighted by atomic mass is 31.2. The van der Waals surface area contributed by atoms with Crippen molar-refractivity contribution in [2.45, 2.75) is 367 Å². The number of allylic oxidation sites excluding steroid dienone is 3. The van der Waals surface area contributed by atoms with Crippen LogP contribution in [0.15, 0.2) is 24.3 Å². The summed E-state index contributed by atoms with van der Waals surface area (Å²) in [6.07, 6.45) is 71.8. The Bertz CT molecular complexity index is 1400. The molecule has 0 aromatic rings. The Balaban J connectivity index is 5.05. The second-order valence-corrected chi connectivity index (χ2v) is 26.5. The predicted molar refractivity (Wildman–Crippen MR) is 342 cm³/mol. The van der Waals surface area contributed by atoms with E-state index in [0.717, 1.165) is 57.8 Å². The number of likely N-dealkylation sites (N-methyl/N-ethyl adjacent to an activating group) is 1. The first-order valence-electron chi connectivity index (χ1n) is 34.7. The van der Waals surface area contributed by atoms with E-state index in [2.05, 4.69) is 44.3 Å². The normalized spacial score (nSPS) is 13.7. The van der Waals surface area contributed by atoms with Gasteiger partial charge < -0.3 is 19.4 Å². The van der Waals surface area contributed by atoms with E-state index in [1.54, 1.807) is 0 Å². The molecule has 0 saturated carbocycles. The van der Waals surface area contributed by atoms with E-state index in [1.807, 2.05) is 27.2 Å². The molecular formula is C69H136N2O7P+. The van der Waals surface area contributed by atoms with Gasteiger partial charge in [0.05, 0.1) is 33.8 Å². The third-order valence-electron chi connectivity index (χ3n) is 15.9. The van der Waals surface area contributed by atoms with Crippen LogP contribution in [0.1, 0.15) is 355 Å². The number of amides is 1. The van der Waals surface area contributed by atoms with E-state index in [9.17, 15) is 19.0 Å². The average Bonchev–Trinajstić information content (AvgIpc) is 3.41. The monoisotopic (exact) mass is 1140 g/mol. The summed E-state index contributed by atoms with van der Waals surface area (Å²) in [5.41, 5.74) is 0. The molecule has 2 N–H and O–H groups in total. The first-order valence-corrected chi connectivity index (χ1v) is 36.2. The molecule has 0 bridgehead atoms. The fourth-order valence-corrected chi connectivity index (χ4v) is 11.3. The van der Waals surface area contributed by atoms with Gasteiger partial charge in [-0.3, -0.25) is 18.6 Å². The molecule has 3 unspecified atom stereocenters. The number of nitrogens with zero attached hydrogens (tertiary/aromatic N) is 1. The van der Waals surface area contributed by atoms with E-state index >= 15 is 0 Å². The summed E-state index contributed by atoms with van der Waals surface area (Å²) in [5, 5.41) is 3.08. The van der Waals surface area contributed by atoms with Crippen LogP contribution in [-0.2, 0) is 27.9 Å². The van der Waals surface area contributed by atoms with Crippen LogP contribution in [0.25, 0.3) is 0 Å². The maximum absolute atomic E-state index is 13.6. The highest BCUT2D eigenvalue weighted by Gasteiger charge is 2.30. The standard InChI is InChI=1S/C69H135N2O7P/c1-7-10-13-16-19-22-25-28-30-31-32-33-34-35-36-37-38-39-41-43-46-49-52-55-58-61-68(72)70-66(65-77-79(74,75)76-64-63-71(4,5)6)67(60-57-54-51-48-45-42-27-24-21-18-15-12-9-3)78-69(73)62-59-56-53-50-47-44-40-29-26-23-20-17-14-11-8-2/h28,30,57,60,66-67H,7-27,29,31-56,58-59,61-65H2,1-6H3,(H-,70,72,74,75)/p+1/b30-28+,60-57-. The van der Waals surface area contributed by atoms with Crippen molar-refractivity contribution in [3.05, 3.63) is 24.3 Å². The molecule has 9 nitrogen and oxygen atoms in total. The van der Waals surface area contributed by atoms with Gasteiger partial charge in [-0.05, 0) is 57.4 Å². The summed E-state index contributed by atoms with van der Waals surface area (Å²) < 4.78 is 30.8. The molecule has 468 valence electrons. The van der Waals surface area contributed by atoms with Crippen LogP contribution in [-0.4, -0.2) is 74.3 Å². The fraction of sp³-hybridized carbons (Fsp3) is 0.913. The predicted octanol–water partition coefficient (Wildman–Crippen LogP) is 21.7. The highest BCUT2D eigenvalue weighted by Crippen LogP contribution is 2.43. The Morgan fingerprint density at radius 1 is 0.430 bits per heavy atom. The van der Waals surface area contributed by atoms with Crippen molar-refractivity contribution >= 4 is 19.7 Å². The number of unbranched alkanes of at least 4 members (excludes halogenated alkanes) is 46. The van der Waals surface area contributed by atoms with Crippen LogP contribution in [0.5, 0.6) is 0 Å². The van der Waals surface area contributed by atoms with Crippen molar-refractivity contribution < 1.29 is 37.3 Å². The lowest BCUT2D eigenvalue weighted by atomic mass is 10.0. The third-order valence-corrected chi connectivity index (χ3v) is 16.9. The quantitative estimate of drug-likeness (QED) is 0.0205. The van der Waals surface area contributed by atoms with Gasteiger partial charge in [0.15, 0.2) is 0 Å². The molecule has 0 radical (unpaired) electrons. The van der Waals surface area contributed by atoms with Crippen LogP contribution >= 0.6 is 7.82 Å². The lowest BCUT2D eigenvalue weighted by Gasteiger charge is -2.27. The number of phosphoric acid groups is 1. The number of nitrogens with one attached hydrogen (secondary N) is 1. The zero-order valence-corrected chi connectivity index (χ0v) is 54.5. The summed E-state index contributed by atoms with van der Waals surface area (Å²) in [7, 11) is 1.52. The zero-order valence-electron chi connectivity index (χ0n) is 53.6. The van der Waals surface area contributed by atoms with Gasteiger partial charge in [0.2, 0.25) is 5.91 Å². The lowest BCUT2D eigenvalue weighted by molar-refractivity contribution is -0.870. The maximum atomic E-state index is 13.6. The van der Waals surface area contributed by atoms with Gasteiger partial charge in [0.25, 0.3) is 0 Å². The summed E-state index contributed by atoms with van der Waals surface area (Å²) in [5.74, 6) is -0.483. The first-order chi connectivity index (χ1) is 38.4. The largest absolute Gasteiger partial charge is 0.472 e. The van der Waals surface area contributed by atoms with Gasteiger partial charge >= 0.3 is 13.8 Å². The number of quaternary nitrogens is 1. The summed E-state index contributed by atoms with van der Waals surface area (Å²) in [4.78, 5) is 37.8. The fourth-order valence-electron chi connectivity index (χ4n) is 10.5. The Kier molecular flexibility index (Phi) is 58.5. The minimum atomic E-state index is -4.45. The lowest BCUT2D eigenvalue weighted by Crippen LogP contribution is -2.47. The number of phosphoric ester groups is 1. The molecule has 0 saturated heterocycles. The molecule has 0 aliphatic carbocycles. The van der Waals surface area contributed by atoms with Crippen molar-refractivity contribution in [1.82, 2.24) is 5.32 Å². The van der Waals surface area contributed by atoms with Crippen LogP contribution in [0, 0.1) is 0 Å². The van der Waals surface area contributed by atoms with Gasteiger partial charge in [-0.1, -0.05) is 309 Å². The molecular weight excluding hydrogens is 1000 g/mol. The molecule has 0 spiro atoms. The highest BCUT2D eigenvalue weighted by molar-refractivity contribution is 7.47. The maximum Gasteiger partial charge on any atom is 0.472 e. The van der Waals surface area contributed by atoms with Gasteiger partial charge in [-0.25, -0.2) is 4.57 Å². The van der Waals surface area contributed by atoms with E-state index in [0.29, 0.717) is 23.9 Å². The van der Waals surface area contributed by atoms with Crippen molar-refractivity contribution in [2.24, 2.45) is 0 Å². The number of hydrogen-bond acceptors (Lipinski definition) is 6. The van der Waals surface area contributed by atoms with E-state index < -0.39 is 20.0 Å². The SMILES string of the molecule is CCCCCCCC/C=C/CCCCCCCCCCCCCCCCCC(=O)NC(COP(=O)(O)OCC[N+](C)(C)C)C(/C=C\CCCCCCCCCCCCC)OC(=O)CCCCCCCCCCCCCCCCC. The third kappa shape index (κ3) is 60.9. The number of rotatable bonds is 64. The van der Waals surface area contributed by atoms with Crippen molar-refractivity contribution in [1.29, 1.82) is 0 Å². The van der Waals surface area contributed by atoms with E-state index in [-0.39, 0.29) is 25.1 Å². The molecule has 0 fully saturated rings. The van der Waals surface area contributed by atoms with E-state index in [1.165, 1.54) is 263 Å². The number of ether oxygens (including phenoxy) is 1. The Morgan fingerprint density at radius 3 is 1.08 bits per heavy atom. The molecule has 79 heavy (non-hydrogen) atoms. The average molecular weight is 1140 g/mol. The van der Waals surface area contributed by atoms with Crippen LogP contribution in [0.4, 0.5) is 0 Å². The summed E-state index contributed by atoms with van der Waals surface area (Å²) in [6.45, 7) is 7.07. The second-order valence-electron chi connectivity index (χ2n) is 25.1. The van der Waals surface area contributed by atoms with Gasteiger partial charge in [-0.15, -0.1) is 0 Å². The molecule has 0 aromatic heterocycles. The van der Waals surface area contributed by atoms with Crippen LogP contribution < -0.4 is 5.32 Å². The van der Waals surface area contributed by atoms with Crippen molar-refractivity contribution in [2.75, 3.05) is 40.9 Å². The smallest absolute Gasteiger partial charge is 0.456 e.